The van der Waals surface area contributed by atoms with Crippen molar-refractivity contribution in [1.29, 1.82) is 0 Å². The zero-order valence-electron chi connectivity index (χ0n) is 9.99. The molecule has 15 heavy (non-hydrogen) atoms. The molecule has 4 heteroatoms. The Morgan fingerprint density at radius 2 is 2.13 bits per heavy atom. The lowest BCUT2D eigenvalue weighted by molar-refractivity contribution is -0.119. The summed E-state index contributed by atoms with van der Waals surface area (Å²) in [6.45, 7) is 9.44. The maximum Gasteiger partial charge on any atom is 0.235 e. The molecule has 0 aromatic heterocycles. The van der Waals surface area contributed by atoms with Crippen molar-refractivity contribution >= 4 is 5.91 Å². The highest BCUT2D eigenvalue weighted by Gasteiger charge is 2.32. The molecule has 1 heterocycles. The largest absolute Gasteiger partial charge is 0.368 e. The van der Waals surface area contributed by atoms with E-state index in [2.05, 4.69) is 25.7 Å². The Morgan fingerprint density at radius 3 is 2.53 bits per heavy atom. The maximum atomic E-state index is 10.8. The lowest BCUT2D eigenvalue weighted by atomic mass is 9.80. The first kappa shape index (κ1) is 12.5. The summed E-state index contributed by atoms with van der Waals surface area (Å²) < 4.78 is 0. The second-order valence-electron chi connectivity index (χ2n) is 5.62. The quantitative estimate of drug-likeness (QED) is 0.702. The van der Waals surface area contributed by atoms with Gasteiger partial charge in [-0.05, 0) is 24.3 Å². The standard InChI is InChI=1S/C11H23N3O/c1-11(2,3)8-4-5-14(6-8)7-9(12)10(13)15/h8-9H,4-7,12H2,1-3H3,(H2,13,15). The van der Waals surface area contributed by atoms with Crippen LogP contribution in [0.1, 0.15) is 27.2 Å². The molecule has 1 fully saturated rings. The molecule has 88 valence electrons. The van der Waals surface area contributed by atoms with E-state index in [0.29, 0.717) is 17.9 Å². The van der Waals surface area contributed by atoms with Crippen molar-refractivity contribution < 1.29 is 4.79 Å². The summed E-state index contributed by atoms with van der Waals surface area (Å²) in [7, 11) is 0. The van der Waals surface area contributed by atoms with Crippen molar-refractivity contribution in [2.45, 2.75) is 33.2 Å². The van der Waals surface area contributed by atoms with Gasteiger partial charge in [0, 0.05) is 13.1 Å². The Balaban J connectivity index is 2.40. The third-order valence-electron chi connectivity index (χ3n) is 3.32. The average molecular weight is 213 g/mol. The predicted octanol–water partition coefficient (Wildman–Crippen LogP) is 0.167. The van der Waals surface area contributed by atoms with E-state index in [9.17, 15) is 4.79 Å². The second-order valence-corrected chi connectivity index (χ2v) is 5.62. The monoisotopic (exact) mass is 213 g/mol. The number of amides is 1. The molecule has 2 unspecified atom stereocenters. The molecule has 0 bridgehead atoms. The van der Waals surface area contributed by atoms with Crippen molar-refractivity contribution in [3.63, 3.8) is 0 Å². The summed E-state index contributed by atoms with van der Waals surface area (Å²) in [5.74, 6) is 0.284. The van der Waals surface area contributed by atoms with E-state index < -0.39 is 11.9 Å². The first-order valence-corrected chi connectivity index (χ1v) is 5.58. The molecule has 0 saturated carbocycles. The van der Waals surface area contributed by atoms with E-state index in [1.807, 2.05) is 0 Å². The van der Waals surface area contributed by atoms with Crippen LogP contribution in [0.25, 0.3) is 0 Å². The summed E-state index contributed by atoms with van der Waals surface area (Å²) in [4.78, 5) is 13.1. The molecule has 4 N–H and O–H groups in total. The normalized spacial score (nSPS) is 25.5. The molecule has 1 aliphatic rings. The number of hydrogen-bond acceptors (Lipinski definition) is 3. The molecule has 0 radical (unpaired) electrons. The molecule has 0 aromatic carbocycles. The van der Waals surface area contributed by atoms with E-state index in [4.69, 9.17) is 11.5 Å². The van der Waals surface area contributed by atoms with Gasteiger partial charge < -0.3 is 16.4 Å². The number of rotatable bonds is 3. The topological polar surface area (TPSA) is 72.3 Å². The van der Waals surface area contributed by atoms with Crippen LogP contribution in [0.3, 0.4) is 0 Å². The van der Waals surface area contributed by atoms with Gasteiger partial charge in [-0.3, -0.25) is 4.79 Å². The van der Waals surface area contributed by atoms with Gasteiger partial charge in [-0.1, -0.05) is 20.8 Å². The molecule has 1 saturated heterocycles. The fraction of sp³-hybridized carbons (Fsp3) is 0.909. The van der Waals surface area contributed by atoms with E-state index >= 15 is 0 Å². The maximum absolute atomic E-state index is 10.8. The second kappa shape index (κ2) is 4.49. The van der Waals surface area contributed by atoms with Crippen molar-refractivity contribution in [3.05, 3.63) is 0 Å². The number of nitrogens with zero attached hydrogens (tertiary/aromatic N) is 1. The number of primary amides is 1. The fourth-order valence-electron chi connectivity index (χ4n) is 2.07. The van der Waals surface area contributed by atoms with Crippen molar-refractivity contribution in [2.75, 3.05) is 19.6 Å². The fourth-order valence-corrected chi connectivity index (χ4v) is 2.07. The zero-order chi connectivity index (χ0) is 11.6. The minimum atomic E-state index is -0.524. The minimum absolute atomic E-state index is 0.339. The van der Waals surface area contributed by atoms with Crippen molar-refractivity contribution in [1.82, 2.24) is 4.90 Å². The summed E-state index contributed by atoms with van der Waals surface area (Å²) in [5, 5.41) is 0. The van der Waals surface area contributed by atoms with Crippen molar-refractivity contribution in [2.24, 2.45) is 22.8 Å². The van der Waals surface area contributed by atoms with Crippen molar-refractivity contribution in [3.8, 4) is 0 Å². The summed E-state index contributed by atoms with van der Waals surface area (Å²) >= 11 is 0. The van der Waals surface area contributed by atoms with Crippen LogP contribution in [0.5, 0.6) is 0 Å². The van der Waals surface area contributed by atoms with Crippen LogP contribution in [0, 0.1) is 11.3 Å². The highest BCUT2D eigenvalue weighted by Crippen LogP contribution is 2.33. The Labute approximate surface area is 92.0 Å². The zero-order valence-corrected chi connectivity index (χ0v) is 9.99. The molecule has 0 aromatic rings. The van der Waals surface area contributed by atoms with Gasteiger partial charge in [-0.2, -0.15) is 0 Å². The number of hydrogen-bond donors (Lipinski definition) is 2. The summed E-state index contributed by atoms with van der Waals surface area (Å²) in [6.07, 6.45) is 1.19. The van der Waals surface area contributed by atoms with Gasteiger partial charge in [0.1, 0.15) is 0 Å². The SMILES string of the molecule is CC(C)(C)C1CCN(CC(N)C(N)=O)C1. The molecular weight excluding hydrogens is 190 g/mol. The molecular formula is C11H23N3O. The first-order chi connectivity index (χ1) is 6.80. The Kier molecular flexibility index (Phi) is 3.73. The molecule has 0 aliphatic carbocycles. The third kappa shape index (κ3) is 3.47. The highest BCUT2D eigenvalue weighted by atomic mass is 16.1. The van der Waals surface area contributed by atoms with Gasteiger partial charge in [0.2, 0.25) is 5.91 Å². The third-order valence-corrected chi connectivity index (χ3v) is 3.32. The van der Waals surface area contributed by atoms with Gasteiger partial charge >= 0.3 is 0 Å². The number of likely N-dealkylation sites (tertiary alicyclic amines) is 1. The lowest BCUT2D eigenvalue weighted by Gasteiger charge is -2.27. The predicted molar refractivity (Wildman–Crippen MR) is 61.2 cm³/mol. The molecule has 4 nitrogen and oxygen atoms in total. The Bertz CT molecular complexity index is 234. The minimum Gasteiger partial charge on any atom is -0.368 e. The molecule has 0 spiro atoms. The molecule has 1 aliphatic heterocycles. The van der Waals surface area contributed by atoms with E-state index in [-0.39, 0.29) is 0 Å². The van der Waals surface area contributed by atoms with E-state index in [0.717, 1.165) is 13.1 Å². The van der Waals surface area contributed by atoms with E-state index in [1.165, 1.54) is 6.42 Å². The van der Waals surface area contributed by atoms with Gasteiger partial charge in [0.15, 0.2) is 0 Å². The molecule has 1 rings (SSSR count). The van der Waals surface area contributed by atoms with Gasteiger partial charge in [-0.25, -0.2) is 0 Å². The lowest BCUT2D eigenvalue weighted by Crippen LogP contribution is -2.45. The van der Waals surface area contributed by atoms with Crippen LogP contribution < -0.4 is 11.5 Å². The van der Waals surface area contributed by atoms with Crippen LogP contribution in [0.4, 0.5) is 0 Å². The average Bonchev–Trinajstić information content (AvgIpc) is 2.51. The summed E-state index contributed by atoms with van der Waals surface area (Å²) in [6, 6.07) is -0.524. The number of nitrogens with two attached hydrogens (primary N) is 2. The number of carbonyl (C=O) groups excluding carboxylic acids is 1. The van der Waals surface area contributed by atoms with Gasteiger partial charge in [0.05, 0.1) is 6.04 Å². The van der Waals surface area contributed by atoms with Crippen LogP contribution in [-0.4, -0.2) is 36.5 Å². The molecule has 1 amide bonds. The van der Waals surface area contributed by atoms with E-state index in [1.54, 1.807) is 0 Å². The smallest absolute Gasteiger partial charge is 0.235 e. The van der Waals surface area contributed by atoms with Crippen LogP contribution in [-0.2, 0) is 4.79 Å². The van der Waals surface area contributed by atoms with Crippen LogP contribution in [0.15, 0.2) is 0 Å². The van der Waals surface area contributed by atoms with Crippen LogP contribution >= 0.6 is 0 Å². The van der Waals surface area contributed by atoms with Gasteiger partial charge in [0.25, 0.3) is 0 Å². The first-order valence-electron chi connectivity index (χ1n) is 5.58. The summed E-state index contributed by atoms with van der Waals surface area (Å²) in [5.41, 5.74) is 11.1. The highest BCUT2D eigenvalue weighted by molar-refractivity contribution is 5.79. The Hall–Kier alpha value is -0.610. The van der Waals surface area contributed by atoms with Crippen LogP contribution in [0.2, 0.25) is 0 Å². The van der Waals surface area contributed by atoms with Gasteiger partial charge in [-0.15, -0.1) is 0 Å². The number of carbonyl (C=O) groups is 1. The molecule has 2 atom stereocenters. The Morgan fingerprint density at radius 1 is 1.53 bits per heavy atom.